The third-order valence-electron chi connectivity index (χ3n) is 2.04. The van der Waals surface area contributed by atoms with Gasteiger partial charge in [-0.15, -0.1) is 13.2 Å². The third-order valence-corrected chi connectivity index (χ3v) is 2.04. The first-order valence-corrected chi connectivity index (χ1v) is 5.37. The van der Waals surface area contributed by atoms with Gasteiger partial charge in [-0.25, -0.2) is 0 Å². The number of halogens is 3. The summed E-state index contributed by atoms with van der Waals surface area (Å²) in [7, 11) is 0. The molecule has 0 radical (unpaired) electrons. The van der Waals surface area contributed by atoms with Crippen LogP contribution in [0.3, 0.4) is 0 Å². The maximum Gasteiger partial charge on any atom is 0.573 e. The van der Waals surface area contributed by atoms with Crippen LogP contribution in [0, 0.1) is 6.92 Å². The summed E-state index contributed by atoms with van der Waals surface area (Å²) in [6, 6.07) is 0.954. The number of carbonyl (C=O) groups is 1. The summed E-state index contributed by atoms with van der Waals surface area (Å²) in [6.07, 6.45) is -5.51. The smallest absolute Gasteiger partial charge is 0.466 e. The monoisotopic (exact) mass is 279 g/mol. The largest absolute Gasteiger partial charge is 0.573 e. The van der Waals surface area contributed by atoms with Gasteiger partial charge in [-0.2, -0.15) is 0 Å². The number of aromatic amines is 1. The molecule has 0 aromatic carbocycles. The van der Waals surface area contributed by atoms with Crippen molar-refractivity contribution in [2.24, 2.45) is 0 Å². The van der Waals surface area contributed by atoms with Crippen molar-refractivity contribution in [3.05, 3.63) is 27.7 Å². The molecule has 0 bridgehead atoms. The summed E-state index contributed by atoms with van der Waals surface area (Å²) < 4.78 is 44.8. The van der Waals surface area contributed by atoms with Crippen molar-refractivity contribution in [3.8, 4) is 5.75 Å². The Kier molecular flexibility index (Phi) is 4.57. The van der Waals surface area contributed by atoms with Gasteiger partial charge in [0.05, 0.1) is 18.7 Å². The number of aryl methyl sites for hydroxylation is 1. The van der Waals surface area contributed by atoms with Crippen molar-refractivity contribution in [1.82, 2.24) is 4.98 Å². The topological polar surface area (TPSA) is 68.4 Å². The van der Waals surface area contributed by atoms with Crippen LogP contribution in [0.15, 0.2) is 10.9 Å². The predicted octanol–water partition coefficient (Wildman–Crippen LogP) is 1.69. The van der Waals surface area contributed by atoms with Crippen LogP contribution in [-0.2, 0) is 16.0 Å². The summed E-state index contributed by atoms with van der Waals surface area (Å²) in [5.41, 5.74) is -0.896. The van der Waals surface area contributed by atoms with Gasteiger partial charge in [-0.05, 0) is 13.8 Å². The molecule has 0 amide bonds. The molecule has 1 rings (SSSR count). The maximum atomic E-state index is 12.2. The van der Waals surface area contributed by atoms with E-state index in [0.717, 1.165) is 6.07 Å². The summed E-state index contributed by atoms with van der Waals surface area (Å²) >= 11 is 0. The van der Waals surface area contributed by atoms with Crippen LogP contribution in [-0.4, -0.2) is 23.9 Å². The minimum Gasteiger partial charge on any atom is -0.466 e. The van der Waals surface area contributed by atoms with E-state index in [-0.39, 0.29) is 12.3 Å². The number of esters is 1. The van der Waals surface area contributed by atoms with Crippen molar-refractivity contribution in [3.63, 3.8) is 0 Å². The van der Waals surface area contributed by atoms with Gasteiger partial charge >= 0.3 is 12.3 Å². The van der Waals surface area contributed by atoms with Gasteiger partial charge in [0.1, 0.15) is 0 Å². The molecule has 0 spiro atoms. The molecule has 1 aromatic rings. The van der Waals surface area contributed by atoms with E-state index in [4.69, 9.17) is 0 Å². The van der Waals surface area contributed by atoms with Gasteiger partial charge in [0.25, 0.3) is 0 Å². The summed E-state index contributed by atoms with van der Waals surface area (Å²) in [4.78, 5) is 25.3. The van der Waals surface area contributed by atoms with Crippen molar-refractivity contribution >= 4 is 5.97 Å². The molecule has 1 N–H and O–H groups in total. The zero-order valence-corrected chi connectivity index (χ0v) is 10.3. The van der Waals surface area contributed by atoms with Crippen LogP contribution in [0.5, 0.6) is 5.75 Å². The number of hydrogen-bond donors (Lipinski definition) is 1. The minimum atomic E-state index is -5.01. The SMILES string of the molecule is CCOC(=O)Cc1[nH]c(C)cc(=O)c1OC(F)(F)F. The molecule has 1 heterocycles. The number of nitrogens with one attached hydrogen (secondary N) is 1. The first-order chi connectivity index (χ1) is 8.73. The number of H-pyrrole nitrogens is 1. The van der Waals surface area contributed by atoms with E-state index < -0.39 is 29.9 Å². The molecular weight excluding hydrogens is 267 g/mol. The highest BCUT2D eigenvalue weighted by atomic mass is 19.4. The first-order valence-electron chi connectivity index (χ1n) is 5.37. The van der Waals surface area contributed by atoms with E-state index in [9.17, 15) is 22.8 Å². The van der Waals surface area contributed by atoms with Crippen LogP contribution in [0.4, 0.5) is 13.2 Å². The van der Waals surface area contributed by atoms with Crippen LogP contribution in [0.1, 0.15) is 18.3 Å². The van der Waals surface area contributed by atoms with E-state index in [0.29, 0.717) is 5.69 Å². The lowest BCUT2D eigenvalue weighted by atomic mass is 10.2. The molecule has 0 saturated carbocycles. The highest BCUT2D eigenvalue weighted by molar-refractivity contribution is 5.72. The number of aromatic nitrogens is 1. The van der Waals surface area contributed by atoms with Gasteiger partial charge < -0.3 is 14.5 Å². The molecule has 0 aliphatic carbocycles. The van der Waals surface area contributed by atoms with Gasteiger partial charge in [-0.3, -0.25) is 9.59 Å². The van der Waals surface area contributed by atoms with E-state index in [1.807, 2.05) is 0 Å². The normalized spacial score (nSPS) is 11.2. The number of rotatable bonds is 4. The summed E-state index contributed by atoms with van der Waals surface area (Å²) in [5, 5.41) is 0. The van der Waals surface area contributed by atoms with Gasteiger partial charge in [0, 0.05) is 11.8 Å². The number of pyridine rings is 1. The third kappa shape index (κ3) is 4.65. The lowest BCUT2D eigenvalue weighted by Crippen LogP contribution is -2.24. The molecule has 0 fully saturated rings. The van der Waals surface area contributed by atoms with Gasteiger partial charge in [0.2, 0.25) is 5.43 Å². The fourth-order valence-electron chi connectivity index (χ4n) is 1.45. The first kappa shape index (κ1) is 15.1. The van der Waals surface area contributed by atoms with Crippen LogP contribution in [0.2, 0.25) is 0 Å². The molecule has 0 unspecified atom stereocenters. The highest BCUT2D eigenvalue weighted by Gasteiger charge is 2.34. The number of alkyl halides is 3. The Balaban J connectivity index is 3.13. The van der Waals surface area contributed by atoms with E-state index in [1.165, 1.54) is 6.92 Å². The van der Waals surface area contributed by atoms with Gasteiger partial charge in [0.15, 0.2) is 5.75 Å². The summed E-state index contributed by atoms with van der Waals surface area (Å²) in [6.45, 7) is 3.13. The molecule has 0 aliphatic rings. The molecule has 5 nitrogen and oxygen atoms in total. The molecule has 106 valence electrons. The fourth-order valence-corrected chi connectivity index (χ4v) is 1.45. The van der Waals surface area contributed by atoms with E-state index >= 15 is 0 Å². The predicted molar refractivity (Wildman–Crippen MR) is 58.8 cm³/mol. The van der Waals surface area contributed by atoms with Crippen molar-refractivity contribution in [1.29, 1.82) is 0 Å². The Morgan fingerprint density at radius 1 is 1.42 bits per heavy atom. The Bertz CT molecular complexity index is 522. The molecular formula is C11H12F3NO4. The van der Waals surface area contributed by atoms with Crippen molar-refractivity contribution < 1.29 is 27.4 Å². The molecule has 1 aromatic heterocycles. The number of carbonyl (C=O) groups excluding carboxylic acids is 1. The van der Waals surface area contributed by atoms with Gasteiger partial charge in [-0.1, -0.05) is 0 Å². The Morgan fingerprint density at radius 3 is 2.58 bits per heavy atom. The maximum absolute atomic E-state index is 12.2. The molecule has 0 aliphatic heterocycles. The highest BCUT2D eigenvalue weighted by Crippen LogP contribution is 2.22. The molecule has 19 heavy (non-hydrogen) atoms. The van der Waals surface area contributed by atoms with E-state index in [1.54, 1.807) is 6.92 Å². The van der Waals surface area contributed by atoms with E-state index in [2.05, 4.69) is 14.5 Å². The Morgan fingerprint density at radius 2 is 2.05 bits per heavy atom. The Hall–Kier alpha value is -1.99. The average Bonchev–Trinajstić information content (AvgIpc) is 2.22. The molecule has 0 atom stereocenters. The Labute approximate surface area is 106 Å². The van der Waals surface area contributed by atoms with Crippen LogP contribution in [0.25, 0.3) is 0 Å². The second-order valence-corrected chi connectivity index (χ2v) is 3.65. The quantitative estimate of drug-likeness (QED) is 0.851. The zero-order chi connectivity index (χ0) is 14.6. The average molecular weight is 279 g/mol. The number of hydrogen-bond acceptors (Lipinski definition) is 4. The molecule has 8 heteroatoms. The van der Waals surface area contributed by atoms with Crippen LogP contribution < -0.4 is 10.2 Å². The standard InChI is InChI=1S/C11H12F3NO4/c1-3-18-9(17)5-7-10(19-11(12,13)14)8(16)4-6(2)15-7/h4H,3,5H2,1-2H3,(H,15,16). The summed E-state index contributed by atoms with van der Waals surface area (Å²) in [5.74, 6) is -1.69. The van der Waals surface area contributed by atoms with Crippen molar-refractivity contribution in [2.75, 3.05) is 6.61 Å². The fraction of sp³-hybridized carbons (Fsp3) is 0.455. The van der Waals surface area contributed by atoms with Crippen molar-refractivity contribution in [2.45, 2.75) is 26.6 Å². The zero-order valence-electron chi connectivity index (χ0n) is 10.3. The second-order valence-electron chi connectivity index (χ2n) is 3.65. The lowest BCUT2D eigenvalue weighted by molar-refractivity contribution is -0.275. The second kappa shape index (κ2) is 5.77. The minimum absolute atomic E-state index is 0.0876. The van der Waals surface area contributed by atoms with Crippen LogP contribution >= 0.6 is 0 Å². The number of ether oxygens (including phenoxy) is 2. The molecule has 0 saturated heterocycles. The lowest BCUT2D eigenvalue weighted by Gasteiger charge is -2.12.